The zero-order valence-electron chi connectivity index (χ0n) is 48.5. The van der Waals surface area contributed by atoms with Crippen molar-refractivity contribution in [3.63, 3.8) is 0 Å². The fourth-order valence-electron chi connectivity index (χ4n) is 10.4. The average Bonchev–Trinajstić information content (AvgIpc) is 3.35. The molecule has 1 amide bonds. The Kier molecular flexibility index (Phi) is 24.8. The highest BCUT2D eigenvalue weighted by Gasteiger charge is 2.51. The summed E-state index contributed by atoms with van der Waals surface area (Å²) in [5, 5.41) is 22.6. The Hall–Kier alpha value is -3.85. The van der Waals surface area contributed by atoms with Gasteiger partial charge in [0.1, 0.15) is 23.7 Å². The molecule has 0 spiro atoms. The van der Waals surface area contributed by atoms with Gasteiger partial charge in [-0.2, -0.15) is 0 Å². The number of hydrogen-bond acceptors (Lipinski definition) is 11. The average molecular weight is 1060 g/mol. The lowest BCUT2D eigenvalue weighted by Gasteiger charge is -2.40. The number of benzene rings is 1. The second kappa shape index (κ2) is 29.2. The first-order valence-corrected chi connectivity index (χ1v) is 31.2. The van der Waals surface area contributed by atoms with E-state index in [1.165, 1.54) is 10.5 Å². The van der Waals surface area contributed by atoms with Crippen molar-refractivity contribution < 1.29 is 52.8 Å². The first-order valence-electron chi connectivity index (χ1n) is 28.3. The fraction of sp³-hybridized carbons (Fsp3) is 0.694. The largest absolute Gasteiger partial charge is 0.460 e. The van der Waals surface area contributed by atoms with Crippen LogP contribution in [-0.2, 0) is 55.8 Å². The van der Waals surface area contributed by atoms with Crippen molar-refractivity contribution >= 4 is 37.5 Å². The summed E-state index contributed by atoms with van der Waals surface area (Å²) in [7, 11) is -1.86. The van der Waals surface area contributed by atoms with Gasteiger partial charge in [0, 0.05) is 37.1 Å². The van der Waals surface area contributed by atoms with Gasteiger partial charge < -0.3 is 33.7 Å². The van der Waals surface area contributed by atoms with Crippen LogP contribution in [0.3, 0.4) is 0 Å². The predicted molar refractivity (Wildman–Crippen MR) is 300 cm³/mol. The molecule has 4 rings (SSSR count). The predicted octanol–water partition coefficient (Wildman–Crippen LogP) is 12.2. The minimum atomic E-state index is -2.27. The maximum Gasteiger partial charge on any atom is 0.329 e. The molecule has 12 atom stereocenters. The number of Topliss-reactive ketones (excluding diaryl/α,β-unsaturated/α-hetero) is 3. The molecule has 75 heavy (non-hydrogen) atoms. The molecule has 1 aromatic carbocycles. The summed E-state index contributed by atoms with van der Waals surface area (Å²) in [6.07, 6.45) is 16.4. The first kappa shape index (κ1) is 63.7. The number of nitrogens with zero attached hydrogens (tertiary/aromatic N) is 1. The van der Waals surface area contributed by atoms with Gasteiger partial charge in [-0.3, -0.25) is 19.2 Å². The van der Waals surface area contributed by atoms with Gasteiger partial charge in [-0.05, 0) is 143 Å². The van der Waals surface area contributed by atoms with Gasteiger partial charge >= 0.3 is 5.97 Å². The van der Waals surface area contributed by atoms with Crippen molar-refractivity contribution in [2.45, 2.75) is 222 Å². The zero-order chi connectivity index (χ0) is 55.8. The van der Waals surface area contributed by atoms with Gasteiger partial charge in [-0.25, -0.2) is 4.79 Å². The summed E-state index contributed by atoms with van der Waals surface area (Å²) in [5.41, 5.74) is 4.00. The van der Waals surface area contributed by atoms with E-state index in [9.17, 15) is 34.2 Å². The lowest BCUT2D eigenvalue weighted by Crippen LogP contribution is -2.59. The number of aliphatic hydroxyl groups excluding tert-OH is 1. The molecule has 2 unspecified atom stereocenters. The molecule has 13 heteroatoms. The topological polar surface area (TPSA) is 166 Å². The van der Waals surface area contributed by atoms with Gasteiger partial charge in [0.15, 0.2) is 8.32 Å². The summed E-state index contributed by atoms with van der Waals surface area (Å²) in [4.78, 5) is 70.6. The minimum absolute atomic E-state index is 0.0504. The molecule has 2 aliphatic heterocycles. The van der Waals surface area contributed by atoms with Gasteiger partial charge in [0.05, 0.1) is 32.0 Å². The van der Waals surface area contributed by atoms with E-state index in [0.29, 0.717) is 57.3 Å². The molecular formula is C62H97NO11Si. The smallest absolute Gasteiger partial charge is 0.329 e. The Bertz CT molecular complexity index is 2170. The molecule has 420 valence electrons. The van der Waals surface area contributed by atoms with E-state index in [1.54, 1.807) is 26.8 Å². The monoisotopic (exact) mass is 1060 g/mol. The highest BCUT2D eigenvalue weighted by molar-refractivity contribution is 6.74. The molecule has 3 aliphatic rings. The van der Waals surface area contributed by atoms with Crippen molar-refractivity contribution in [3.8, 4) is 0 Å². The molecule has 0 aromatic heterocycles. The third-order valence-corrected chi connectivity index (χ3v) is 21.2. The first-order chi connectivity index (χ1) is 35.1. The summed E-state index contributed by atoms with van der Waals surface area (Å²) >= 11 is 0. The number of hydrogen-bond donors (Lipinski definition) is 2. The van der Waals surface area contributed by atoms with E-state index in [2.05, 4.69) is 78.1 Å². The van der Waals surface area contributed by atoms with Crippen LogP contribution in [0.1, 0.15) is 171 Å². The summed E-state index contributed by atoms with van der Waals surface area (Å²) in [6, 6.07) is 7.43. The highest BCUT2D eigenvalue weighted by Crippen LogP contribution is 2.39. The van der Waals surface area contributed by atoms with E-state index in [4.69, 9.17) is 18.6 Å². The SMILES string of the molecule is CC(C)=C/C=C/C=C/[C@@H](C)C[C@@H](C)C(=O)C[C@H](O)/C(C)=C/[C@@H](C)C(=O)C[C@H](OC(=O)[C@@H]1CCCCN1C(=O)C(=O)C1(O)OCCC[C@H]1C)[C@H](C)CC1CC[C@@H](OCc2ccc(CO[Si](C)(C)C(C)(C)C)cc2)[C@H](C)C1. The Labute approximate surface area is 452 Å². The Morgan fingerprint density at radius 3 is 2.16 bits per heavy atom. The molecule has 0 radical (unpaired) electrons. The maximum absolute atomic E-state index is 14.4. The van der Waals surface area contributed by atoms with E-state index < -0.39 is 61.8 Å². The van der Waals surface area contributed by atoms with Crippen molar-refractivity contribution in [1.82, 2.24) is 4.90 Å². The minimum Gasteiger partial charge on any atom is -0.460 e. The number of ketones is 3. The van der Waals surface area contributed by atoms with Crippen LogP contribution in [0.2, 0.25) is 18.1 Å². The lowest BCUT2D eigenvalue weighted by molar-refractivity contribution is -0.241. The van der Waals surface area contributed by atoms with Crippen LogP contribution < -0.4 is 0 Å². The Morgan fingerprint density at radius 2 is 1.53 bits per heavy atom. The third-order valence-electron chi connectivity index (χ3n) is 16.7. The number of allylic oxidation sites excluding steroid dienone is 7. The second-order valence-electron chi connectivity index (χ2n) is 24.7. The van der Waals surface area contributed by atoms with E-state index in [1.807, 2.05) is 52.0 Å². The number of piperidine rings is 1. The molecule has 12 nitrogen and oxygen atoms in total. The summed E-state index contributed by atoms with van der Waals surface area (Å²) < 4.78 is 24.8. The highest BCUT2D eigenvalue weighted by atomic mass is 28.4. The zero-order valence-corrected chi connectivity index (χ0v) is 49.5. The molecule has 2 saturated heterocycles. The molecular weight excluding hydrogens is 963 g/mol. The number of aliphatic hydroxyl groups is 2. The van der Waals surface area contributed by atoms with Crippen LogP contribution in [0.25, 0.3) is 0 Å². The molecule has 1 aliphatic carbocycles. The molecule has 2 N–H and O–H groups in total. The normalized spacial score (nSPS) is 25.5. The van der Waals surface area contributed by atoms with Gasteiger partial charge in [0.25, 0.3) is 11.7 Å². The molecule has 0 bridgehead atoms. The van der Waals surface area contributed by atoms with Crippen molar-refractivity contribution in [1.29, 1.82) is 0 Å². The number of amides is 1. The molecule has 2 heterocycles. The van der Waals surface area contributed by atoms with E-state index in [0.717, 1.165) is 30.4 Å². The quantitative estimate of drug-likeness (QED) is 0.0298. The number of carbonyl (C=O) groups is 5. The number of likely N-dealkylation sites (tertiary alicyclic amines) is 1. The number of ether oxygens (including phenoxy) is 3. The lowest BCUT2D eigenvalue weighted by atomic mass is 9.75. The van der Waals surface area contributed by atoms with Crippen molar-refractivity contribution in [3.05, 3.63) is 83.0 Å². The summed E-state index contributed by atoms with van der Waals surface area (Å²) in [5.74, 6) is -6.28. The number of carbonyl (C=O) groups excluding carboxylic acids is 5. The second-order valence-corrected chi connectivity index (χ2v) is 29.5. The number of rotatable bonds is 26. The van der Waals surface area contributed by atoms with Gasteiger partial charge in [-0.1, -0.05) is 129 Å². The summed E-state index contributed by atoms with van der Waals surface area (Å²) in [6.45, 7) is 30.1. The van der Waals surface area contributed by atoms with E-state index in [-0.39, 0.29) is 84.7 Å². The number of esters is 1. The van der Waals surface area contributed by atoms with Crippen LogP contribution in [0.5, 0.6) is 0 Å². The van der Waals surface area contributed by atoms with Gasteiger partial charge in [-0.15, -0.1) is 0 Å². The van der Waals surface area contributed by atoms with Crippen molar-refractivity contribution in [2.24, 2.45) is 41.4 Å². The molecule has 3 fully saturated rings. The maximum atomic E-state index is 14.4. The Morgan fingerprint density at radius 1 is 0.867 bits per heavy atom. The van der Waals surface area contributed by atoms with Gasteiger partial charge in [0.2, 0.25) is 5.79 Å². The van der Waals surface area contributed by atoms with E-state index >= 15 is 0 Å². The third kappa shape index (κ3) is 19.2. The van der Waals surface area contributed by atoms with Crippen LogP contribution >= 0.6 is 0 Å². The van der Waals surface area contributed by atoms with Crippen LogP contribution in [0.4, 0.5) is 0 Å². The Balaban J connectivity index is 1.43. The van der Waals surface area contributed by atoms with Crippen LogP contribution in [0, 0.1) is 41.4 Å². The van der Waals surface area contributed by atoms with Crippen LogP contribution in [-0.4, -0.2) is 95.9 Å². The fourth-order valence-corrected chi connectivity index (χ4v) is 11.4. The molecule has 1 saturated carbocycles. The standard InChI is InChI=1S/C62H97NO11Si/c1-41(2)21-16-15-17-22-42(3)33-43(4)53(64)37-54(65)44(5)34-45(6)55(66)38-57(74-60(69)52-24-18-19-31-63(52)59(68)58(67)62(70)48(9)23-20-32-72-62)47(8)36-51-29-30-56(46(7)35-51)71-39-49-25-27-50(28-26-49)40-73-75(13,14)61(10,11)12/h15-17,21-22,25-28,34,42-43,45-48,51-52,54,56-57,65,70H,18-20,23-24,29-33,35-40H2,1-14H3/b16-15+,22-17+,44-34+/t42-,43-,45-,46-,47-,48-,51?,52+,54+,56-,57+,62?/m1/s1. The molecule has 1 aromatic rings. The van der Waals surface area contributed by atoms with Crippen molar-refractivity contribution in [2.75, 3.05) is 13.2 Å². The van der Waals surface area contributed by atoms with Crippen LogP contribution in [0.15, 0.2) is 71.9 Å².